The maximum absolute atomic E-state index is 13.3. The second kappa shape index (κ2) is 3.59. The molecule has 1 fully saturated rings. The fourth-order valence-electron chi connectivity index (χ4n) is 2.88. The van der Waals surface area contributed by atoms with Crippen LogP contribution in [0, 0.1) is 5.82 Å². The van der Waals surface area contributed by atoms with Crippen molar-refractivity contribution in [2.75, 3.05) is 5.06 Å². The third-order valence-electron chi connectivity index (χ3n) is 3.69. The van der Waals surface area contributed by atoms with Crippen LogP contribution in [0.15, 0.2) is 41.2 Å². The number of furan rings is 1. The molecule has 3 heterocycles. The van der Waals surface area contributed by atoms with Crippen LogP contribution in [0.1, 0.15) is 23.6 Å². The topological polar surface area (TPSA) is 25.6 Å². The van der Waals surface area contributed by atoms with Gasteiger partial charge >= 0.3 is 0 Å². The molecule has 4 heteroatoms. The lowest BCUT2D eigenvalue weighted by atomic mass is 10.0. The molecule has 0 amide bonds. The second-order valence-corrected chi connectivity index (χ2v) is 4.84. The van der Waals surface area contributed by atoms with Crippen LogP contribution in [0.25, 0.3) is 0 Å². The van der Waals surface area contributed by atoms with Gasteiger partial charge in [0.2, 0.25) is 0 Å². The van der Waals surface area contributed by atoms with E-state index in [0.29, 0.717) is 0 Å². The monoisotopic (exact) mass is 245 g/mol. The zero-order chi connectivity index (χ0) is 12.1. The molecule has 0 N–H and O–H groups in total. The molecular formula is C14H12FNO2. The molecule has 2 aliphatic rings. The Labute approximate surface area is 104 Å². The summed E-state index contributed by atoms with van der Waals surface area (Å²) in [7, 11) is 0. The van der Waals surface area contributed by atoms with Crippen LogP contribution in [0.2, 0.25) is 0 Å². The number of rotatable bonds is 1. The zero-order valence-corrected chi connectivity index (χ0v) is 9.67. The summed E-state index contributed by atoms with van der Waals surface area (Å²) in [6, 6.07) is 7.00. The maximum Gasteiger partial charge on any atom is 0.123 e. The van der Waals surface area contributed by atoms with Crippen LogP contribution in [0.5, 0.6) is 0 Å². The molecule has 0 unspecified atom stereocenters. The Morgan fingerprint density at radius 1 is 1.28 bits per heavy atom. The van der Waals surface area contributed by atoms with E-state index in [1.54, 1.807) is 24.7 Å². The molecule has 1 aromatic carbocycles. The van der Waals surface area contributed by atoms with Crippen molar-refractivity contribution >= 4 is 5.69 Å². The zero-order valence-electron chi connectivity index (χ0n) is 9.67. The van der Waals surface area contributed by atoms with E-state index in [0.717, 1.165) is 29.7 Å². The van der Waals surface area contributed by atoms with E-state index in [9.17, 15) is 4.39 Å². The van der Waals surface area contributed by atoms with Gasteiger partial charge in [-0.15, -0.1) is 0 Å². The van der Waals surface area contributed by atoms with E-state index >= 15 is 0 Å². The van der Waals surface area contributed by atoms with Crippen LogP contribution in [-0.2, 0) is 11.3 Å². The highest BCUT2D eigenvalue weighted by molar-refractivity contribution is 5.56. The van der Waals surface area contributed by atoms with Gasteiger partial charge in [-0.1, -0.05) is 0 Å². The number of benzene rings is 1. The molecule has 4 rings (SSSR count). The van der Waals surface area contributed by atoms with E-state index < -0.39 is 0 Å². The Bertz CT molecular complexity index is 581. The van der Waals surface area contributed by atoms with Crippen molar-refractivity contribution in [3.8, 4) is 0 Å². The molecule has 0 radical (unpaired) electrons. The summed E-state index contributed by atoms with van der Waals surface area (Å²) in [6.45, 7) is 0. The molecule has 18 heavy (non-hydrogen) atoms. The van der Waals surface area contributed by atoms with E-state index in [2.05, 4.69) is 0 Å². The summed E-state index contributed by atoms with van der Waals surface area (Å²) in [4.78, 5) is 5.87. The highest BCUT2D eigenvalue weighted by atomic mass is 19.1. The van der Waals surface area contributed by atoms with E-state index in [1.807, 2.05) is 11.1 Å². The third-order valence-corrected chi connectivity index (χ3v) is 3.69. The van der Waals surface area contributed by atoms with E-state index in [4.69, 9.17) is 9.25 Å². The van der Waals surface area contributed by atoms with Gasteiger partial charge in [-0.3, -0.25) is 4.84 Å². The van der Waals surface area contributed by atoms with Gasteiger partial charge in [0.15, 0.2) is 0 Å². The normalized spacial score (nSPS) is 25.3. The van der Waals surface area contributed by atoms with Crippen molar-refractivity contribution in [2.45, 2.75) is 25.0 Å². The maximum atomic E-state index is 13.3. The smallest absolute Gasteiger partial charge is 0.123 e. The molecule has 2 aliphatic heterocycles. The molecule has 1 saturated heterocycles. The summed E-state index contributed by atoms with van der Waals surface area (Å²) < 4.78 is 18.4. The molecule has 0 saturated carbocycles. The number of fused-ring (bicyclic) bond motifs is 4. The molecule has 3 nitrogen and oxygen atoms in total. The van der Waals surface area contributed by atoms with Gasteiger partial charge in [0.1, 0.15) is 5.82 Å². The number of hydrogen-bond acceptors (Lipinski definition) is 3. The first kappa shape index (κ1) is 10.1. The molecule has 0 spiro atoms. The molecule has 0 aliphatic carbocycles. The third kappa shape index (κ3) is 1.39. The van der Waals surface area contributed by atoms with Gasteiger partial charge in [-0.05, 0) is 29.8 Å². The van der Waals surface area contributed by atoms with Gasteiger partial charge in [0.25, 0.3) is 0 Å². The highest BCUT2D eigenvalue weighted by Crippen LogP contribution is 2.44. The van der Waals surface area contributed by atoms with Gasteiger partial charge in [0, 0.05) is 18.4 Å². The lowest BCUT2D eigenvalue weighted by molar-refractivity contribution is 0.0733. The number of nitrogens with zero attached hydrogens (tertiary/aromatic N) is 1. The molecule has 1 aromatic heterocycles. The Morgan fingerprint density at radius 3 is 3.06 bits per heavy atom. The van der Waals surface area contributed by atoms with Crippen LogP contribution in [0.4, 0.5) is 10.1 Å². The van der Waals surface area contributed by atoms with Crippen LogP contribution in [0.3, 0.4) is 0 Å². The van der Waals surface area contributed by atoms with Crippen LogP contribution in [-0.4, -0.2) is 6.10 Å². The minimum atomic E-state index is -0.184. The Morgan fingerprint density at radius 2 is 2.22 bits per heavy atom. The van der Waals surface area contributed by atoms with Crippen molar-refractivity contribution < 1.29 is 13.6 Å². The van der Waals surface area contributed by atoms with E-state index in [1.165, 1.54) is 6.07 Å². The summed E-state index contributed by atoms with van der Waals surface area (Å²) >= 11 is 0. The first-order chi connectivity index (χ1) is 8.81. The number of halogens is 1. The summed E-state index contributed by atoms with van der Waals surface area (Å²) in [5, 5.41) is 1.90. The summed E-state index contributed by atoms with van der Waals surface area (Å²) in [6.07, 6.45) is 5.25. The minimum absolute atomic E-state index is 0.138. The Hall–Kier alpha value is -1.81. The predicted molar refractivity (Wildman–Crippen MR) is 63.5 cm³/mol. The molecular weight excluding hydrogens is 233 g/mol. The molecule has 2 aromatic rings. The van der Waals surface area contributed by atoms with Crippen molar-refractivity contribution in [3.05, 3.63) is 53.7 Å². The van der Waals surface area contributed by atoms with Gasteiger partial charge in [-0.2, -0.15) is 0 Å². The first-order valence-corrected chi connectivity index (χ1v) is 6.08. The lowest BCUT2D eigenvalue weighted by Crippen LogP contribution is -2.27. The van der Waals surface area contributed by atoms with Crippen LogP contribution < -0.4 is 5.06 Å². The lowest BCUT2D eigenvalue weighted by Gasteiger charge is -2.29. The molecule has 2 atom stereocenters. The molecule has 2 bridgehead atoms. The highest BCUT2D eigenvalue weighted by Gasteiger charge is 2.40. The Kier molecular flexibility index (Phi) is 2.02. The largest absolute Gasteiger partial charge is 0.472 e. The standard InChI is InChI=1S/C14H12FNO2/c15-11-1-2-13-10(5-11)6-12-7-14(16(13)18-12)9-3-4-17-8-9/h1-5,8,12,14H,6-7H2/t12-,14+/m1/s1. The fourth-order valence-corrected chi connectivity index (χ4v) is 2.88. The predicted octanol–water partition coefficient (Wildman–Crippen LogP) is 3.23. The number of hydrogen-bond donors (Lipinski definition) is 0. The van der Waals surface area contributed by atoms with Crippen molar-refractivity contribution in [1.82, 2.24) is 0 Å². The van der Waals surface area contributed by atoms with Gasteiger partial charge in [0.05, 0.1) is 30.4 Å². The summed E-state index contributed by atoms with van der Waals surface area (Å²) in [5.74, 6) is -0.184. The number of hydroxylamine groups is 1. The van der Waals surface area contributed by atoms with Crippen molar-refractivity contribution in [3.63, 3.8) is 0 Å². The van der Waals surface area contributed by atoms with Gasteiger partial charge < -0.3 is 4.42 Å². The average molecular weight is 245 g/mol. The van der Waals surface area contributed by atoms with E-state index in [-0.39, 0.29) is 18.0 Å². The Balaban J connectivity index is 1.79. The SMILES string of the molecule is Fc1ccc2c(c1)C[C@@H]1C[C@@H](c3ccoc3)N2O1. The quantitative estimate of drug-likeness (QED) is 0.771. The minimum Gasteiger partial charge on any atom is -0.472 e. The second-order valence-electron chi connectivity index (χ2n) is 4.84. The van der Waals surface area contributed by atoms with Crippen molar-refractivity contribution in [1.29, 1.82) is 0 Å². The van der Waals surface area contributed by atoms with Gasteiger partial charge in [-0.25, -0.2) is 9.45 Å². The van der Waals surface area contributed by atoms with Crippen LogP contribution >= 0.6 is 0 Å². The molecule has 92 valence electrons. The number of anilines is 1. The fraction of sp³-hybridized carbons (Fsp3) is 0.286. The first-order valence-electron chi connectivity index (χ1n) is 6.08. The van der Waals surface area contributed by atoms with Crippen molar-refractivity contribution in [2.24, 2.45) is 0 Å². The summed E-state index contributed by atoms with van der Waals surface area (Å²) in [5.41, 5.74) is 3.10. The average Bonchev–Trinajstić information content (AvgIpc) is 2.97.